The molecule has 0 bridgehead atoms. The molecule has 2 nitrogen and oxygen atoms in total. The van der Waals surface area contributed by atoms with Gasteiger partial charge in [-0.3, -0.25) is 0 Å². The van der Waals surface area contributed by atoms with E-state index in [0.29, 0.717) is 11.4 Å². The van der Waals surface area contributed by atoms with Gasteiger partial charge in [0.2, 0.25) is 0 Å². The average Bonchev–Trinajstić information content (AvgIpc) is 3.31. The summed E-state index contributed by atoms with van der Waals surface area (Å²) < 4.78 is 0. The van der Waals surface area contributed by atoms with Crippen molar-refractivity contribution in [1.29, 1.82) is 0 Å². The predicted octanol–water partition coefficient (Wildman–Crippen LogP) is 16.1. The topological polar surface area (TPSA) is 40.5 Å². The first kappa shape index (κ1) is 44.0. The van der Waals surface area contributed by atoms with Crippen molar-refractivity contribution in [3.8, 4) is 0 Å². The zero-order valence-electron chi connectivity index (χ0n) is 38.0. The van der Waals surface area contributed by atoms with E-state index in [1.54, 1.807) is 11.1 Å². The molecule has 0 saturated heterocycles. The van der Waals surface area contributed by atoms with E-state index in [9.17, 15) is 0 Å². The van der Waals surface area contributed by atoms with Gasteiger partial charge in [-0.25, -0.2) is 0 Å². The van der Waals surface area contributed by atoms with Crippen LogP contribution >= 0.6 is 0 Å². The highest BCUT2D eigenvalue weighted by atomic mass is 16.4. The van der Waals surface area contributed by atoms with Gasteiger partial charge in [0, 0.05) is 0 Å². The zero-order chi connectivity index (χ0) is 42.1. The Hall–Kier alpha value is -3.66. The lowest BCUT2D eigenvalue weighted by molar-refractivity contribution is 0.304. The van der Waals surface area contributed by atoms with Gasteiger partial charge in [-0.1, -0.05) is 163 Å². The lowest BCUT2D eigenvalue weighted by Crippen LogP contribution is -2.29. The molecule has 3 fully saturated rings. The maximum Gasteiger partial charge on any atom is 0.488 e. The molecule has 0 atom stereocenters. The molecule has 3 aliphatic carbocycles. The van der Waals surface area contributed by atoms with Crippen molar-refractivity contribution in [1.82, 2.24) is 0 Å². The Balaban J connectivity index is 0.000000227. The predicted molar refractivity (Wildman–Crippen MR) is 265 cm³/mol. The summed E-state index contributed by atoms with van der Waals surface area (Å²) in [5.41, 5.74) is 5.07. The molecule has 3 heteroatoms. The van der Waals surface area contributed by atoms with Crippen LogP contribution in [0, 0.1) is 17.8 Å². The van der Waals surface area contributed by atoms with Crippen LogP contribution in [0.2, 0.25) is 0 Å². The Morgan fingerprint density at radius 2 is 0.705 bits per heavy atom. The molecule has 0 spiro atoms. The SMILES string of the molecule is CCCCC1CCC(c2ccc(B(O)O)cc2)CC1.CCCCC1CCC(c2ccc3c(ccc4cc5c(ccc6cc(C7CCC(CCCC)CC7)ccc65)cc43)c2)CC1. The Bertz CT molecular complexity index is 2170. The summed E-state index contributed by atoms with van der Waals surface area (Å²) in [5.74, 6) is 5.03. The van der Waals surface area contributed by atoms with Crippen molar-refractivity contribution in [3.05, 3.63) is 114 Å². The fourth-order valence-electron chi connectivity index (χ4n) is 11.9. The molecule has 9 rings (SSSR count). The molecular formula is C58H75BO2. The van der Waals surface area contributed by atoms with E-state index >= 15 is 0 Å². The first-order valence-electron chi connectivity index (χ1n) is 25.2. The lowest BCUT2D eigenvalue weighted by atomic mass is 9.75. The molecule has 61 heavy (non-hydrogen) atoms. The van der Waals surface area contributed by atoms with E-state index in [1.165, 1.54) is 183 Å². The van der Waals surface area contributed by atoms with E-state index in [2.05, 4.69) is 106 Å². The van der Waals surface area contributed by atoms with Gasteiger partial charge in [0.15, 0.2) is 0 Å². The third-order valence-electron chi connectivity index (χ3n) is 15.9. The second-order valence-corrected chi connectivity index (χ2v) is 20.0. The molecule has 6 aromatic carbocycles. The van der Waals surface area contributed by atoms with Crippen LogP contribution in [0.5, 0.6) is 0 Å². The normalized spacial score (nSPS) is 23.3. The Labute approximate surface area is 369 Å². The second kappa shape index (κ2) is 21.1. The molecule has 0 aromatic heterocycles. The van der Waals surface area contributed by atoms with Crippen molar-refractivity contribution in [2.45, 2.75) is 173 Å². The van der Waals surface area contributed by atoms with Crippen LogP contribution in [-0.2, 0) is 0 Å². The van der Waals surface area contributed by atoms with E-state index < -0.39 is 7.12 Å². The summed E-state index contributed by atoms with van der Waals surface area (Å²) in [6, 6.07) is 36.9. The quantitative estimate of drug-likeness (QED) is 0.0693. The van der Waals surface area contributed by atoms with Gasteiger partial charge in [0.1, 0.15) is 0 Å². The highest BCUT2D eigenvalue weighted by molar-refractivity contribution is 6.58. The molecule has 322 valence electrons. The second-order valence-electron chi connectivity index (χ2n) is 20.0. The smallest absolute Gasteiger partial charge is 0.423 e. The maximum absolute atomic E-state index is 9.10. The Morgan fingerprint density at radius 1 is 0.377 bits per heavy atom. The molecule has 0 heterocycles. The van der Waals surface area contributed by atoms with Crippen LogP contribution < -0.4 is 5.46 Å². The fraction of sp³-hybridized carbons (Fsp3) is 0.517. The first-order valence-corrected chi connectivity index (χ1v) is 25.2. The largest absolute Gasteiger partial charge is 0.488 e. The van der Waals surface area contributed by atoms with Crippen LogP contribution in [0.4, 0.5) is 0 Å². The van der Waals surface area contributed by atoms with Crippen molar-refractivity contribution in [2.24, 2.45) is 17.8 Å². The molecule has 0 radical (unpaired) electrons. The van der Waals surface area contributed by atoms with Gasteiger partial charge in [-0.05, 0) is 190 Å². The van der Waals surface area contributed by atoms with E-state index in [4.69, 9.17) is 10.0 Å². The number of rotatable bonds is 13. The third kappa shape index (κ3) is 10.8. The van der Waals surface area contributed by atoms with E-state index in [1.807, 2.05) is 12.1 Å². The molecular weight excluding hydrogens is 739 g/mol. The van der Waals surface area contributed by atoms with E-state index in [-0.39, 0.29) is 0 Å². The Kier molecular flexibility index (Phi) is 15.2. The number of hydrogen-bond donors (Lipinski definition) is 2. The summed E-state index contributed by atoms with van der Waals surface area (Å²) in [5, 5.41) is 29.3. The minimum Gasteiger partial charge on any atom is -0.423 e. The highest BCUT2D eigenvalue weighted by Crippen LogP contribution is 2.42. The monoisotopic (exact) mass is 815 g/mol. The van der Waals surface area contributed by atoms with Gasteiger partial charge in [-0.15, -0.1) is 0 Å². The molecule has 0 amide bonds. The summed E-state index contributed by atoms with van der Waals surface area (Å²) >= 11 is 0. The minimum atomic E-state index is -1.35. The van der Waals surface area contributed by atoms with Crippen molar-refractivity contribution in [2.75, 3.05) is 0 Å². The first-order chi connectivity index (χ1) is 29.9. The van der Waals surface area contributed by atoms with Crippen LogP contribution in [0.15, 0.2) is 97.1 Å². The van der Waals surface area contributed by atoms with Gasteiger partial charge >= 0.3 is 7.12 Å². The third-order valence-corrected chi connectivity index (χ3v) is 15.9. The van der Waals surface area contributed by atoms with Gasteiger partial charge < -0.3 is 10.0 Å². The van der Waals surface area contributed by atoms with E-state index in [0.717, 1.165) is 29.6 Å². The molecule has 6 aromatic rings. The van der Waals surface area contributed by atoms with Crippen molar-refractivity contribution >= 4 is 55.7 Å². The fourth-order valence-corrected chi connectivity index (χ4v) is 11.9. The van der Waals surface area contributed by atoms with Crippen molar-refractivity contribution in [3.63, 3.8) is 0 Å². The summed E-state index contributed by atoms with van der Waals surface area (Å²) in [7, 11) is -1.35. The Morgan fingerprint density at radius 3 is 1.05 bits per heavy atom. The molecule has 0 unspecified atom stereocenters. The number of unbranched alkanes of at least 4 members (excludes halogenated alkanes) is 3. The molecule has 3 saturated carbocycles. The number of benzene rings is 6. The zero-order valence-corrected chi connectivity index (χ0v) is 38.0. The molecule has 2 N–H and O–H groups in total. The summed E-state index contributed by atoms with van der Waals surface area (Å²) in [6.07, 6.45) is 28.9. The van der Waals surface area contributed by atoms with Crippen molar-refractivity contribution < 1.29 is 10.0 Å². The van der Waals surface area contributed by atoms with Gasteiger partial charge in [-0.2, -0.15) is 0 Å². The van der Waals surface area contributed by atoms with Crippen LogP contribution in [0.3, 0.4) is 0 Å². The molecule has 0 aliphatic heterocycles. The van der Waals surface area contributed by atoms with Gasteiger partial charge in [0.25, 0.3) is 0 Å². The van der Waals surface area contributed by atoms with Crippen LogP contribution in [0.1, 0.15) is 190 Å². The van der Waals surface area contributed by atoms with Crippen LogP contribution in [0.25, 0.3) is 43.1 Å². The molecule has 3 aliphatic rings. The van der Waals surface area contributed by atoms with Gasteiger partial charge in [0.05, 0.1) is 0 Å². The highest BCUT2D eigenvalue weighted by Gasteiger charge is 2.25. The minimum absolute atomic E-state index is 0.584. The standard InChI is InChI=1S/C42H50.C16H25BO2/c1-3-5-7-29-9-13-31(14-10-29)33-21-23-39-35(25-33)17-19-37-28-42-38(27-41(37)39)20-18-36-26-34(22-24-40(36)42)32-15-11-30(12-16-32)8-6-4-2;1-2-3-4-13-5-7-14(8-6-13)15-9-11-16(12-10-15)17(18)19/h17-32H,3-16H2,1-2H3;9-14,18-19H,2-8H2,1H3. The van der Waals surface area contributed by atoms with Crippen LogP contribution in [-0.4, -0.2) is 17.2 Å². The summed E-state index contributed by atoms with van der Waals surface area (Å²) in [6.45, 7) is 6.92. The number of fused-ring (bicyclic) bond motifs is 6. The average molecular weight is 815 g/mol. The number of hydrogen-bond acceptors (Lipinski definition) is 2. The lowest BCUT2D eigenvalue weighted by Gasteiger charge is -2.29. The maximum atomic E-state index is 9.10. The summed E-state index contributed by atoms with van der Waals surface area (Å²) in [4.78, 5) is 0.